The summed E-state index contributed by atoms with van der Waals surface area (Å²) in [6.45, 7) is 1.92. The van der Waals surface area contributed by atoms with E-state index in [2.05, 4.69) is 5.32 Å². The summed E-state index contributed by atoms with van der Waals surface area (Å²) in [6, 6.07) is -0.583. The average Bonchev–Trinajstić information content (AvgIpc) is 2.16. The largest absolute Gasteiger partial charge is 0.480 e. The van der Waals surface area contributed by atoms with Crippen molar-refractivity contribution in [2.24, 2.45) is 0 Å². The second-order valence-electron chi connectivity index (χ2n) is 4.29. The Balaban J connectivity index is 2.45. The highest BCUT2D eigenvalue weighted by Crippen LogP contribution is 2.05. The van der Waals surface area contributed by atoms with Gasteiger partial charge in [-0.05, 0) is 27.1 Å². The maximum Gasteiger partial charge on any atom is 0.322 e. The minimum absolute atomic E-state index is 0.0950. The fourth-order valence-corrected chi connectivity index (χ4v) is 1.76. The maximum atomic E-state index is 11.2. The van der Waals surface area contributed by atoms with Crippen LogP contribution in [0.4, 0.5) is 0 Å². The number of carbonyl (C=O) groups excluding carboxylic acids is 1. The molecule has 0 aromatic rings. The van der Waals surface area contributed by atoms with Gasteiger partial charge in [0.2, 0.25) is 5.91 Å². The molecule has 0 aliphatic carbocycles. The molecule has 0 bridgehead atoms. The van der Waals surface area contributed by atoms with Crippen molar-refractivity contribution in [2.75, 3.05) is 40.3 Å². The standard InChI is InChI=1S/C10H19N3O3/c1-12(2)4-3-5-13-7-9(14)11-6-8(13)10(15)16/h8H,3-7H2,1-2H3,(H,11,14)(H,15,16). The lowest BCUT2D eigenvalue weighted by Crippen LogP contribution is -2.57. The topological polar surface area (TPSA) is 72.9 Å². The summed E-state index contributed by atoms with van der Waals surface area (Å²) in [7, 11) is 3.94. The Morgan fingerprint density at radius 3 is 2.88 bits per heavy atom. The van der Waals surface area contributed by atoms with Crippen molar-refractivity contribution < 1.29 is 14.7 Å². The van der Waals surface area contributed by atoms with Crippen LogP contribution in [0.15, 0.2) is 0 Å². The van der Waals surface area contributed by atoms with Crippen LogP contribution in [-0.4, -0.2) is 73.1 Å². The van der Waals surface area contributed by atoms with Crippen LogP contribution in [0.1, 0.15) is 6.42 Å². The van der Waals surface area contributed by atoms with Crippen LogP contribution in [0.3, 0.4) is 0 Å². The van der Waals surface area contributed by atoms with Crippen LogP contribution in [0.2, 0.25) is 0 Å². The van der Waals surface area contributed by atoms with Crippen molar-refractivity contribution >= 4 is 11.9 Å². The maximum absolute atomic E-state index is 11.2. The number of carbonyl (C=O) groups is 2. The Labute approximate surface area is 95.2 Å². The summed E-state index contributed by atoms with van der Waals surface area (Å²) in [5.41, 5.74) is 0. The van der Waals surface area contributed by atoms with Crippen LogP contribution < -0.4 is 5.32 Å². The Kier molecular flexibility index (Phi) is 4.70. The number of amides is 1. The number of rotatable bonds is 5. The summed E-state index contributed by atoms with van der Waals surface area (Å²) >= 11 is 0. The highest BCUT2D eigenvalue weighted by molar-refractivity contribution is 5.83. The summed E-state index contributed by atoms with van der Waals surface area (Å²) in [4.78, 5) is 25.9. The first-order chi connectivity index (χ1) is 7.50. The van der Waals surface area contributed by atoms with Crippen LogP contribution in [0.5, 0.6) is 0 Å². The van der Waals surface area contributed by atoms with Crippen molar-refractivity contribution in [3.8, 4) is 0 Å². The summed E-state index contributed by atoms with van der Waals surface area (Å²) in [5, 5.41) is 11.6. The molecule has 0 saturated carbocycles. The molecule has 6 heteroatoms. The van der Waals surface area contributed by atoms with Gasteiger partial charge in [0.05, 0.1) is 6.54 Å². The zero-order valence-corrected chi connectivity index (χ0v) is 9.77. The van der Waals surface area contributed by atoms with Crippen LogP contribution in [0, 0.1) is 0 Å². The van der Waals surface area contributed by atoms with Crippen LogP contribution in [-0.2, 0) is 9.59 Å². The molecule has 16 heavy (non-hydrogen) atoms. The minimum atomic E-state index is -0.871. The first-order valence-corrected chi connectivity index (χ1v) is 5.39. The van der Waals surface area contributed by atoms with Gasteiger partial charge >= 0.3 is 5.97 Å². The highest BCUT2D eigenvalue weighted by atomic mass is 16.4. The van der Waals surface area contributed by atoms with Gasteiger partial charge in [-0.1, -0.05) is 0 Å². The van der Waals surface area contributed by atoms with Gasteiger partial charge < -0.3 is 15.3 Å². The molecule has 6 nitrogen and oxygen atoms in total. The summed E-state index contributed by atoms with van der Waals surface area (Å²) in [6.07, 6.45) is 0.865. The molecule has 1 fully saturated rings. The van der Waals surface area contributed by atoms with Crippen molar-refractivity contribution in [1.82, 2.24) is 15.1 Å². The van der Waals surface area contributed by atoms with Gasteiger partial charge in [0.25, 0.3) is 0 Å². The number of carboxylic acids is 1. The normalized spacial score (nSPS) is 22.2. The molecule has 0 aromatic carbocycles. The molecule has 1 heterocycles. The Bertz CT molecular complexity index is 268. The summed E-state index contributed by atoms with van der Waals surface area (Å²) in [5.74, 6) is -0.966. The second-order valence-corrected chi connectivity index (χ2v) is 4.29. The molecular formula is C10H19N3O3. The fourth-order valence-electron chi connectivity index (χ4n) is 1.76. The zero-order valence-electron chi connectivity index (χ0n) is 9.77. The Morgan fingerprint density at radius 2 is 2.31 bits per heavy atom. The van der Waals surface area contributed by atoms with E-state index in [1.54, 1.807) is 4.90 Å². The average molecular weight is 229 g/mol. The molecular weight excluding hydrogens is 210 g/mol. The van der Waals surface area contributed by atoms with Crippen LogP contribution >= 0.6 is 0 Å². The summed E-state index contributed by atoms with van der Waals surface area (Å²) < 4.78 is 0. The molecule has 1 rings (SSSR count). The number of nitrogens with one attached hydrogen (secondary N) is 1. The van der Waals surface area contributed by atoms with Gasteiger partial charge in [-0.15, -0.1) is 0 Å². The second kappa shape index (κ2) is 5.81. The van der Waals surface area contributed by atoms with Gasteiger partial charge in [0.15, 0.2) is 0 Å². The van der Waals surface area contributed by atoms with E-state index in [4.69, 9.17) is 5.11 Å². The van der Waals surface area contributed by atoms with Crippen LogP contribution in [0.25, 0.3) is 0 Å². The molecule has 0 aromatic heterocycles. The molecule has 1 amide bonds. The van der Waals surface area contributed by atoms with E-state index >= 15 is 0 Å². The SMILES string of the molecule is CN(C)CCCN1CC(=O)NCC1C(=O)O. The molecule has 1 saturated heterocycles. The number of piperazine rings is 1. The van der Waals surface area contributed by atoms with E-state index in [9.17, 15) is 9.59 Å². The predicted octanol–water partition coefficient (Wildman–Crippen LogP) is -1.18. The molecule has 1 aliphatic rings. The highest BCUT2D eigenvalue weighted by Gasteiger charge is 2.31. The fraction of sp³-hybridized carbons (Fsp3) is 0.800. The van der Waals surface area contributed by atoms with E-state index in [1.807, 2.05) is 19.0 Å². The number of hydrogen-bond acceptors (Lipinski definition) is 4. The molecule has 92 valence electrons. The Morgan fingerprint density at radius 1 is 1.62 bits per heavy atom. The number of aliphatic carboxylic acids is 1. The monoisotopic (exact) mass is 229 g/mol. The first kappa shape index (κ1) is 12.9. The van der Waals surface area contributed by atoms with Gasteiger partial charge in [-0.25, -0.2) is 0 Å². The number of hydrogen-bond donors (Lipinski definition) is 2. The van der Waals surface area contributed by atoms with Crippen molar-refractivity contribution in [3.63, 3.8) is 0 Å². The van der Waals surface area contributed by atoms with Crippen molar-refractivity contribution in [2.45, 2.75) is 12.5 Å². The molecule has 2 N–H and O–H groups in total. The minimum Gasteiger partial charge on any atom is -0.480 e. The third-order valence-corrected chi connectivity index (χ3v) is 2.62. The van der Waals surface area contributed by atoms with E-state index in [0.717, 1.165) is 13.0 Å². The zero-order chi connectivity index (χ0) is 12.1. The lowest BCUT2D eigenvalue weighted by Gasteiger charge is -2.32. The van der Waals surface area contributed by atoms with Crippen molar-refractivity contribution in [1.29, 1.82) is 0 Å². The van der Waals surface area contributed by atoms with E-state index in [0.29, 0.717) is 6.54 Å². The smallest absolute Gasteiger partial charge is 0.322 e. The van der Waals surface area contributed by atoms with Gasteiger partial charge in [0, 0.05) is 13.1 Å². The predicted molar refractivity (Wildman–Crippen MR) is 59.2 cm³/mol. The van der Waals surface area contributed by atoms with Crippen molar-refractivity contribution in [3.05, 3.63) is 0 Å². The van der Waals surface area contributed by atoms with E-state index < -0.39 is 12.0 Å². The van der Waals surface area contributed by atoms with Gasteiger partial charge in [0.1, 0.15) is 6.04 Å². The molecule has 1 atom stereocenters. The van der Waals surface area contributed by atoms with Gasteiger partial charge in [-0.3, -0.25) is 14.5 Å². The lowest BCUT2D eigenvalue weighted by atomic mass is 10.2. The molecule has 0 radical (unpaired) electrons. The first-order valence-electron chi connectivity index (χ1n) is 5.39. The van der Waals surface area contributed by atoms with E-state index in [-0.39, 0.29) is 19.0 Å². The van der Waals surface area contributed by atoms with E-state index in [1.165, 1.54) is 0 Å². The lowest BCUT2D eigenvalue weighted by molar-refractivity contribution is -0.146. The molecule has 1 aliphatic heterocycles. The molecule has 1 unspecified atom stereocenters. The number of nitrogens with zero attached hydrogens (tertiary/aromatic N) is 2. The van der Waals surface area contributed by atoms with Gasteiger partial charge in [-0.2, -0.15) is 0 Å². The third kappa shape index (κ3) is 3.79. The molecule has 0 spiro atoms. The third-order valence-electron chi connectivity index (χ3n) is 2.62. The Hall–Kier alpha value is -1.14. The number of carboxylic acid groups (broad SMARTS) is 1. The quantitative estimate of drug-likeness (QED) is 0.621.